The smallest absolute Gasteiger partial charge is 0.0424 e. The molecule has 4 aromatic carbocycles. The van der Waals surface area contributed by atoms with Crippen LogP contribution < -0.4 is 9.64 Å². The zero-order chi connectivity index (χ0) is 30.6. The summed E-state index contributed by atoms with van der Waals surface area (Å²) in [7, 11) is 0. The van der Waals surface area contributed by atoms with Gasteiger partial charge in [-0.1, -0.05) is 102 Å². The predicted molar refractivity (Wildman–Crippen MR) is 178 cm³/mol. The third kappa shape index (κ3) is 5.90. The molecule has 6 heteroatoms. The maximum absolute atomic E-state index is 6.52. The molecule has 3 heterocycles. The fourth-order valence-corrected chi connectivity index (χ4v) is 5.56. The number of nitrogens with zero attached hydrogens (tertiary/aromatic N) is 4. The third-order valence-electron chi connectivity index (χ3n) is 8.08. The second-order valence-electron chi connectivity index (χ2n) is 13.4. The zero-order valence-corrected chi connectivity index (χ0v) is 28.6. The second-order valence-corrected chi connectivity index (χ2v) is 13.4. The third-order valence-corrected chi connectivity index (χ3v) is 8.08. The van der Waals surface area contributed by atoms with Gasteiger partial charge in [-0.25, -0.2) is 0 Å². The van der Waals surface area contributed by atoms with Gasteiger partial charge in [0.15, 0.2) is 0 Å². The SMILES string of the molecule is CC(C)(C)c1cc(Oc2[c-]c(N3[CH-]n4c(nc5ccccc54)-c4ccccc43)ccc2)[c-]c(-c2cc(C(C)(C)C)ccn2)c1.[Pt]. The number of hydrogen-bond acceptors (Lipinski definition) is 4. The van der Waals surface area contributed by atoms with Gasteiger partial charge in [-0.05, 0) is 58.0 Å². The topological polar surface area (TPSA) is 43.2 Å². The van der Waals surface area contributed by atoms with Gasteiger partial charge in [0.1, 0.15) is 0 Å². The summed E-state index contributed by atoms with van der Waals surface area (Å²) in [6, 6.07) is 38.1. The Morgan fingerprint density at radius 2 is 1.49 bits per heavy atom. The zero-order valence-electron chi connectivity index (χ0n) is 26.3. The van der Waals surface area contributed by atoms with Crippen molar-refractivity contribution in [3.63, 3.8) is 0 Å². The van der Waals surface area contributed by atoms with Crippen LogP contribution in [0.5, 0.6) is 11.5 Å². The van der Waals surface area contributed by atoms with Crippen molar-refractivity contribution in [2.75, 3.05) is 4.90 Å². The summed E-state index contributed by atoms with van der Waals surface area (Å²) in [5.41, 5.74) is 9.08. The van der Waals surface area contributed by atoms with Gasteiger partial charge in [0.25, 0.3) is 0 Å². The normalized spacial score (nSPS) is 12.6. The molecule has 1 aliphatic rings. The van der Waals surface area contributed by atoms with Gasteiger partial charge < -0.3 is 24.2 Å². The molecule has 7 rings (SSSR count). The maximum atomic E-state index is 6.52. The molecule has 6 aromatic rings. The van der Waals surface area contributed by atoms with E-state index < -0.39 is 0 Å². The Balaban J connectivity index is 0.00000357. The first-order chi connectivity index (χ1) is 21.0. The van der Waals surface area contributed by atoms with Gasteiger partial charge in [-0.2, -0.15) is 6.07 Å². The Morgan fingerprint density at radius 3 is 2.29 bits per heavy atom. The fourth-order valence-electron chi connectivity index (χ4n) is 5.56. The van der Waals surface area contributed by atoms with Crippen LogP contribution in [-0.2, 0) is 31.9 Å². The minimum atomic E-state index is -0.0904. The van der Waals surface area contributed by atoms with Crippen LogP contribution in [-0.4, -0.2) is 14.5 Å². The summed E-state index contributed by atoms with van der Waals surface area (Å²) >= 11 is 0. The second kappa shape index (κ2) is 11.5. The van der Waals surface area contributed by atoms with Crippen molar-refractivity contribution in [2.24, 2.45) is 0 Å². The molecule has 1 aliphatic heterocycles. The molecular formula is C39H35N4OPt-3. The molecule has 5 nitrogen and oxygen atoms in total. The van der Waals surface area contributed by atoms with Crippen LogP contribution in [0, 0.1) is 18.8 Å². The maximum Gasteiger partial charge on any atom is 0.0424 e. The fraction of sp³-hybridized carbons (Fsp3) is 0.205. The van der Waals surface area contributed by atoms with Crippen LogP contribution in [0.4, 0.5) is 11.4 Å². The number of anilines is 2. The first-order valence-electron chi connectivity index (χ1n) is 15.0. The van der Waals surface area contributed by atoms with Crippen molar-refractivity contribution in [2.45, 2.75) is 52.4 Å². The largest absolute Gasteiger partial charge is 0.503 e. The van der Waals surface area contributed by atoms with Gasteiger partial charge in [0.05, 0.1) is 0 Å². The molecule has 0 atom stereocenters. The van der Waals surface area contributed by atoms with Crippen molar-refractivity contribution < 1.29 is 25.8 Å². The number of pyridine rings is 1. The Morgan fingerprint density at radius 1 is 0.733 bits per heavy atom. The van der Waals surface area contributed by atoms with Crippen molar-refractivity contribution >= 4 is 22.4 Å². The average Bonchev–Trinajstić information content (AvgIpc) is 3.39. The van der Waals surface area contributed by atoms with E-state index in [1.807, 2.05) is 42.6 Å². The van der Waals surface area contributed by atoms with Crippen LogP contribution in [0.15, 0.2) is 97.2 Å². The number of aromatic nitrogens is 3. The number of imidazole rings is 1. The summed E-state index contributed by atoms with van der Waals surface area (Å²) in [6.07, 6.45) is 1.88. The van der Waals surface area contributed by atoms with Crippen LogP contribution in [0.2, 0.25) is 0 Å². The van der Waals surface area contributed by atoms with Gasteiger partial charge >= 0.3 is 0 Å². The summed E-state index contributed by atoms with van der Waals surface area (Å²) in [6.45, 7) is 15.4. The van der Waals surface area contributed by atoms with E-state index in [1.165, 1.54) is 5.56 Å². The molecule has 0 spiro atoms. The van der Waals surface area contributed by atoms with E-state index in [0.717, 1.165) is 50.6 Å². The molecule has 0 bridgehead atoms. The molecule has 0 fully saturated rings. The van der Waals surface area contributed by atoms with Crippen LogP contribution in [0.3, 0.4) is 0 Å². The number of ether oxygens (including phenoxy) is 1. The molecule has 2 aromatic heterocycles. The number of para-hydroxylation sites is 3. The van der Waals surface area contributed by atoms with E-state index in [0.29, 0.717) is 11.5 Å². The molecule has 0 aliphatic carbocycles. The number of benzene rings is 4. The summed E-state index contributed by atoms with van der Waals surface area (Å²) < 4.78 is 8.66. The van der Waals surface area contributed by atoms with Crippen LogP contribution >= 0.6 is 0 Å². The van der Waals surface area contributed by atoms with Crippen molar-refractivity contribution in [1.82, 2.24) is 14.5 Å². The van der Waals surface area contributed by atoms with E-state index in [1.54, 1.807) is 0 Å². The predicted octanol–water partition coefficient (Wildman–Crippen LogP) is 9.87. The van der Waals surface area contributed by atoms with Crippen molar-refractivity contribution in [1.29, 1.82) is 0 Å². The molecule has 0 unspecified atom stereocenters. The first-order valence-corrected chi connectivity index (χ1v) is 15.0. The quantitative estimate of drug-likeness (QED) is 0.168. The van der Waals surface area contributed by atoms with E-state index in [9.17, 15) is 0 Å². The standard InChI is InChI=1S/C39H35N4O.Pt/c1-38(2,3)27-18-19-40-34(23-27)26-20-28(39(4,5)6)22-31(21-26)44-30-13-11-12-29(24-30)42-25-43-36-17-10-8-15-33(36)41-37(43)32-14-7-9-16-35(32)42;/h7-20,22-23,25H,1-6H3;/q-3;. The molecule has 0 N–H and O–H groups in total. The molecule has 230 valence electrons. The van der Waals surface area contributed by atoms with Crippen LogP contribution in [0.1, 0.15) is 52.7 Å². The monoisotopic (exact) mass is 770 g/mol. The minimum Gasteiger partial charge on any atom is -0.503 e. The average molecular weight is 771 g/mol. The summed E-state index contributed by atoms with van der Waals surface area (Å²) in [5.74, 6) is 2.17. The summed E-state index contributed by atoms with van der Waals surface area (Å²) in [4.78, 5) is 11.8. The first kappa shape index (κ1) is 30.7. The molecule has 45 heavy (non-hydrogen) atoms. The van der Waals surface area contributed by atoms with Crippen molar-refractivity contribution in [3.05, 3.63) is 127 Å². The Kier molecular flexibility index (Phi) is 7.87. The summed E-state index contributed by atoms with van der Waals surface area (Å²) in [5, 5.41) is 0. The van der Waals surface area contributed by atoms with Gasteiger partial charge in [0, 0.05) is 55.8 Å². The Labute approximate surface area is 280 Å². The Hall–Kier alpha value is -4.34. The molecule has 0 saturated heterocycles. The molecule has 0 saturated carbocycles. The van der Waals surface area contributed by atoms with Crippen molar-refractivity contribution in [3.8, 4) is 34.1 Å². The number of hydrogen-bond donors (Lipinski definition) is 0. The number of fused-ring (bicyclic) bond motifs is 5. The van der Waals surface area contributed by atoms with E-state index in [-0.39, 0.29) is 31.9 Å². The molecular weight excluding hydrogens is 736 g/mol. The van der Waals surface area contributed by atoms with E-state index in [4.69, 9.17) is 14.7 Å². The van der Waals surface area contributed by atoms with Crippen LogP contribution in [0.25, 0.3) is 33.7 Å². The minimum absolute atomic E-state index is 0. The van der Waals surface area contributed by atoms with E-state index >= 15 is 0 Å². The van der Waals surface area contributed by atoms with Gasteiger partial charge in [0.2, 0.25) is 0 Å². The number of rotatable bonds is 4. The van der Waals surface area contributed by atoms with E-state index in [2.05, 4.69) is 124 Å². The van der Waals surface area contributed by atoms with Gasteiger partial charge in [-0.3, -0.25) is 0 Å². The van der Waals surface area contributed by atoms with Gasteiger partial charge in [-0.15, -0.1) is 35.4 Å². The molecule has 0 amide bonds. The Bertz CT molecular complexity index is 2010. The molecule has 0 radical (unpaired) electrons.